The van der Waals surface area contributed by atoms with Crippen LogP contribution in [0.5, 0.6) is 0 Å². The molecule has 0 heterocycles. The summed E-state index contributed by atoms with van der Waals surface area (Å²) in [4.78, 5) is 17.2. The first kappa shape index (κ1) is 9.88. The average Bonchev–Trinajstić information content (AvgIpc) is 1.63. The Balaban J connectivity index is 3.18. The molecule has 3 N–H and O–H groups in total. The number of aliphatic hydroxyl groups excluding tert-OH is 1. The second-order valence-corrected chi connectivity index (χ2v) is 7.57. The lowest BCUT2D eigenvalue weighted by molar-refractivity contribution is 0.296. The lowest BCUT2D eigenvalue weighted by Gasteiger charge is -2.03. The highest BCUT2D eigenvalue weighted by Gasteiger charge is 2.05. The topological polar surface area (TPSA) is 60.7 Å². The Bertz CT molecular complexity index is 112. The second-order valence-electron chi connectivity index (χ2n) is 1.40. The van der Waals surface area contributed by atoms with Crippen LogP contribution in [0.4, 0.5) is 0 Å². The van der Waals surface area contributed by atoms with Crippen LogP contribution < -0.4 is 0 Å². The molecule has 0 aliphatic carbocycles. The molecular formula is C3H9O3PS2. The normalized spacial score (nSPS) is 11.9. The highest BCUT2D eigenvalue weighted by Crippen LogP contribution is 2.50. The summed E-state index contributed by atoms with van der Waals surface area (Å²) >= 11 is 5.24. The summed E-state index contributed by atoms with van der Waals surface area (Å²) in [5.74, 6) is 0.515. The van der Waals surface area contributed by atoms with Crippen LogP contribution >= 0.6 is 17.1 Å². The van der Waals surface area contributed by atoms with Crippen LogP contribution in [0.25, 0.3) is 0 Å². The van der Waals surface area contributed by atoms with Gasteiger partial charge in [0, 0.05) is 12.4 Å². The summed E-state index contributed by atoms with van der Waals surface area (Å²) in [7, 11) is 0. The molecule has 0 spiro atoms. The Hall–Kier alpha value is 0.880. The van der Waals surface area contributed by atoms with Gasteiger partial charge in [-0.25, -0.2) is 0 Å². The molecule has 0 unspecified atom stereocenters. The van der Waals surface area contributed by atoms with E-state index in [1.165, 1.54) is 0 Å². The van der Waals surface area contributed by atoms with Gasteiger partial charge in [0.2, 0.25) is 5.69 Å². The van der Waals surface area contributed by atoms with Crippen LogP contribution in [-0.2, 0) is 11.8 Å². The molecule has 0 rings (SSSR count). The summed E-state index contributed by atoms with van der Waals surface area (Å²) in [6, 6.07) is 0. The predicted molar refractivity (Wildman–Crippen MR) is 42.9 cm³/mol. The van der Waals surface area contributed by atoms with E-state index in [1.54, 1.807) is 0 Å². The van der Waals surface area contributed by atoms with Crippen molar-refractivity contribution in [1.82, 2.24) is 0 Å². The van der Waals surface area contributed by atoms with Gasteiger partial charge >= 0.3 is 0 Å². The van der Waals surface area contributed by atoms with E-state index in [9.17, 15) is 0 Å². The lowest BCUT2D eigenvalue weighted by atomic mass is 10.5. The van der Waals surface area contributed by atoms with Crippen molar-refractivity contribution >= 4 is 28.9 Å². The maximum Gasteiger partial charge on any atom is 0.242 e. The Morgan fingerprint density at radius 1 is 1.44 bits per heavy atom. The van der Waals surface area contributed by atoms with E-state index in [0.717, 1.165) is 11.4 Å². The fourth-order valence-corrected chi connectivity index (χ4v) is 2.52. The molecule has 0 aliphatic rings. The van der Waals surface area contributed by atoms with Gasteiger partial charge in [-0.15, -0.1) is 0 Å². The van der Waals surface area contributed by atoms with Gasteiger partial charge in [-0.2, -0.15) is 0 Å². The van der Waals surface area contributed by atoms with Gasteiger partial charge in [0.05, 0.1) is 0 Å². The fraction of sp³-hybridized carbons (Fsp3) is 1.00. The van der Waals surface area contributed by atoms with Gasteiger partial charge < -0.3 is 14.9 Å². The largest absolute Gasteiger partial charge is 0.396 e. The summed E-state index contributed by atoms with van der Waals surface area (Å²) in [5, 5.41) is 8.26. The predicted octanol–water partition coefficient (Wildman–Crippen LogP) is 0.311. The number of hydrogen-bond acceptors (Lipinski definition) is 3. The molecule has 0 saturated carbocycles. The summed E-state index contributed by atoms with van der Waals surface area (Å²) in [6.45, 7) is 0.0718. The highest BCUT2D eigenvalue weighted by atomic mass is 32.9. The van der Waals surface area contributed by atoms with E-state index >= 15 is 0 Å². The van der Waals surface area contributed by atoms with E-state index in [2.05, 4.69) is 11.8 Å². The zero-order valence-corrected chi connectivity index (χ0v) is 7.25. The minimum Gasteiger partial charge on any atom is -0.396 e. The first-order valence-electron chi connectivity index (χ1n) is 2.37. The minimum absolute atomic E-state index is 0.0718. The molecule has 0 radical (unpaired) electrons. The van der Waals surface area contributed by atoms with Gasteiger partial charge in [0.1, 0.15) is 0 Å². The van der Waals surface area contributed by atoms with E-state index in [1.807, 2.05) is 0 Å². The van der Waals surface area contributed by atoms with E-state index < -0.39 is 5.69 Å². The SMILES string of the molecule is OCCCSP(O)(O)=S. The van der Waals surface area contributed by atoms with Gasteiger partial charge in [-0.05, 0) is 18.2 Å². The average molecular weight is 188 g/mol. The maximum atomic E-state index is 8.61. The van der Waals surface area contributed by atoms with Crippen molar-refractivity contribution in [2.75, 3.05) is 12.4 Å². The van der Waals surface area contributed by atoms with E-state index in [0.29, 0.717) is 12.2 Å². The second kappa shape index (κ2) is 4.66. The monoisotopic (exact) mass is 188 g/mol. The molecule has 9 heavy (non-hydrogen) atoms. The Labute approximate surface area is 63.0 Å². The molecule has 0 aliphatic heterocycles. The lowest BCUT2D eigenvalue weighted by Crippen LogP contribution is -1.84. The molecule has 0 bridgehead atoms. The third-order valence-corrected chi connectivity index (χ3v) is 3.87. The van der Waals surface area contributed by atoms with Crippen LogP contribution in [0.1, 0.15) is 6.42 Å². The van der Waals surface area contributed by atoms with Crippen molar-refractivity contribution < 1.29 is 14.9 Å². The van der Waals surface area contributed by atoms with Gasteiger partial charge in [-0.1, -0.05) is 11.4 Å². The molecule has 56 valence electrons. The Morgan fingerprint density at radius 2 is 2.00 bits per heavy atom. The smallest absolute Gasteiger partial charge is 0.242 e. The van der Waals surface area contributed by atoms with E-state index in [4.69, 9.17) is 14.9 Å². The maximum absolute atomic E-state index is 8.61. The van der Waals surface area contributed by atoms with Crippen molar-refractivity contribution in [3.05, 3.63) is 0 Å². The third kappa shape index (κ3) is 8.88. The van der Waals surface area contributed by atoms with Gasteiger partial charge in [0.25, 0.3) is 0 Å². The molecular weight excluding hydrogens is 179 g/mol. The molecule has 0 saturated heterocycles. The highest BCUT2D eigenvalue weighted by molar-refractivity contribution is 8.67. The molecule has 0 aromatic carbocycles. The number of rotatable bonds is 4. The first-order chi connectivity index (χ1) is 4.06. The summed E-state index contributed by atoms with van der Waals surface area (Å²) in [5.41, 5.74) is -3.06. The molecule has 0 aromatic rings. The van der Waals surface area contributed by atoms with Crippen molar-refractivity contribution in [2.24, 2.45) is 0 Å². The van der Waals surface area contributed by atoms with Crippen molar-refractivity contribution in [1.29, 1.82) is 0 Å². The molecule has 0 aromatic heterocycles. The number of hydrogen-bond donors (Lipinski definition) is 3. The van der Waals surface area contributed by atoms with Crippen LogP contribution in [0.3, 0.4) is 0 Å². The quantitative estimate of drug-likeness (QED) is 0.438. The fourth-order valence-electron chi connectivity index (χ4n) is 0.248. The molecule has 0 amide bonds. The first-order valence-corrected chi connectivity index (χ1v) is 6.67. The molecule has 0 atom stereocenters. The minimum atomic E-state index is -3.06. The third-order valence-electron chi connectivity index (χ3n) is 0.562. The standard InChI is InChI=1S/C3H9O3PS2/c4-2-1-3-9-7(5,6)8/h4H,1-3H2,(H2,5,6,8). The summed E-state index contributed by atoms with van der Waals surface area (Å²) in [6.07, 6.45) is 0.560. The molecule has 0 fully saturated rings. The van der Waals surface area contributed by atoms with E-state index in [-0.39, 0.29) is 6.61 Å². The van der Waals surface area contributed by atoms with Crippen LogP contribution in [0.2, 0.25) is 0 Å². The van der Waals surface area contributed by atoms with Gasteiger partial charge in [-0.3, -0.25) is 0 Å². The Morgan fingerprint density at radius 3 is 2.33 bits per heavy atom. The summed E-state index contributed by atoms with van der Waals surface area (Å²) < 4.78 is 0. The van der Waals surface area contributed by atoms with Crippen molar-refractivity contribution in [3.8, 4) is 0 Å². The van der Waals surface area contributed by atoms with Crippen LogP contribution in [0, 0.1) is 0 Å². The van der Waals surface area contributed by atoms with Crippen LogP contribution in [0.15, 0.2) is 0 Å². The number of aliphatic hydroxyl groups is 1. The van der Waals surface area contributed by atoms with Crippen molar-refractivity contribution in [2.45, 2.75) is 6.42 Å². The zero-order chi connectivity index (χ0) is 7.33. The van der Waals surface area contributed by atoms with Crippen molar-refractivity contribution in [3.63, 3.8) is 0 Å². The zero-order valence-electron chi connectivity index (χ0n) is 4.73. The Kier molecular flexibility index (Phi) is 5.11. The molecule has 3 nitrogen and oxygen atoms in total. The molecule has 6 heteroatoms. The van der Waals surface area contributed by atoms with Gasteiger partial charge in [0.15, 0.2) is 0 Å². The van der Waals surface area contributed by atoms with Crippen LogP contribution in [-0.4, -0.2) is 27.3 Å².